The minimum absolute atomic E-state index is 0.0326. The van der Waals surface area contributed by atoms with Gasteiger partial charge in [-0.1, -0.05) is 43.7 Å². The number of hydrogen-bond donors (Lipinski definition) is 1. The molecule has 2 aromatic carbocycles. The van der Waals surface area contributed by atoms with Gasteiger partial charge >= 0.3 is 0 Å². The van der Waals surface area contributed by atoms with Gasteiger partial charge in [-0.3, -0.25) is 9.36 Å². The van der Waals surface area contributed by atoms with Crippen LogP contribution in [0.2, 0.25) is 0 Å². The molecule has 0 radical (unpaired) electrons. The fourth-order valence-corrected chi connectivity index (χ4v) is 6.09. The molecular formula is C34H40N4O4. The smallest absolute Gasteiger partial charge is 0.257 e. The zero-order chi connectivity index (χ0) is 29.9. The highest BCUT2D eigenvalue weighted by atomic mass is 16.5. The summed E-state index contributed by atoms with van der Waals surface area (Å²) in [5, 5.41) is 24.3. The summed E-state index contributed by atoms with van der Waals surface area (Å²) in [7, 11) is 1.63. The largest absolute Gasteiger partial charge is 0.496 e. The van der Waals surface area contributed by atoms with E-state index >= 15 is 0 Å². The Labute approximate surface area is 247 Å². The highest BCUT2D eigenvalue weighted by Crippen LogP contribution is 2.35. The van der Waals surface area contributed by atoms with Crippen molar-refractivity contribution in [2.24, 2.45) is 0 Å². The van der Waals surface area contributed by atoms with Crippen LogP contribution < -0.4 is 10.3 Å². The Morgan fingerprint density at radius 1 is 1.10 bits per heavy atom. The fraction of sp³-hybridized carbons (Fsp3) is 0.441. The summed E-state index contributed by atoms with van der Waals surface area (Å²) in [6.45, 7) is 5.92. The molecule has 0 saturated heterocycles. The molecular weight excluding hydrogens is 528 g/mol. The predicted molar refractivity (Wildman–Crippen MR) is 163 cm³/mol. The number of hydrogen-bond acceptors (Lipinski definition) is 6. The van der Waals surface area contributed by atoms with E-state index in [2.05, 4.69) is 18.1 Å². The molecule has 8 nitrogen and oxygen atoms in total. The Bertz CT molecular complexity index is 1650. The second-order valence-corrected chi connectivity index (χ2v) is 11.9. The summed E-state index contributed by atoms with van der Waals surface area (Å²) in [4.78, 5) is 14.3. The van der Waals surface area contributed by atoms with Crippen LogP contribution in [0.5, 0.6) is 5.75 Å². The Morgan fingerprint density at radius 2 is 1.86 bits per heavy atom. The molecule has 0 aliphatic heterocycles. The number of fused-ring (bicyclic) bond motifs is 1. The molecule has 0 bridgehead atoms. The predicted octanol–water partition coefficient (Wildman–Crippen LogP) is 5.86. The first-order chi connectivity index (χ1) is 20.2. The van der Waals surface area contributed by atoms with Gasteiger partial charge in [0.05, 0.1) is 48.9 Å². The minimum Gasteiger partial charge on any atom is -0.496 e. The van der Waals surface area contributed by atoms with Crippen LogP contribution in [-0.4, -0.2) is 44.7 Å². The number of ether oxygens (including phenoxy) is 2. The molecule has 1 saturated carbocycles. The molecule has 2 heterocycles. The highest BCUT2D eigenvalue weighted by molar-refractivity contribution is 5.76. The number of nitrogens with zero attached hydrogens (tertiary/aromatic N) is 4. The van der Waals surface area contributed by atoms with Gasteiger partial charge in [-0.05, 0) is 63.6 Å². The lowest BCUT2D eigenvalue weighted by molar-refractivity contribution is -0.0654. The lowest BCUT2D eigenvalue weighted by atomic mass is 9.92. The molecule has 1 aliphatic rings. The third-order valence-corrected chi connectivity index (χ3v) is 8.10. The van der Waals surface area contributed by atoms with Crippen molar-refractivity contribution in [3.63, 3.8) is 0 Å². The van der Waals surface area contributed by atoms with E-state index in [9.17, 15) is 15.2 Å². The third kappa shape index (κ3) is 6.13. The number of aromatic nitrogens is 3. The van der Waals surface area contributed by atoms with E-state index in [1.54, 1.807) is 33.2 Å². The van der Waals surface area contributed by atoms with E-state index in [-0.39, 0.29) is 17.7 Å². The lowest BCUT2D eigenvalue weighted by Crippen LogP contribution is -2.36. The van der Waals surface area contributed by atoms with Crippen LogP contribution >= 0.6 is 0 Å². The summed E-state index contributed by atoms with van der Waals surface area (Å²) in [6.07, 6.45) is 7.26. The van der Waals surface area contributed by atoms with Crippen LogP contribution in [0.1, 0.15) is 81.3 Å². The summed E-state index contributed by atoms with van der Waals surface area (Å²) < 4.78 is 15.7. The monoisotopic (exact) mass is 568 g/mol. The quantitative estimate of drug-likeness (QED) is 0.257. The molecule has 42 heavy (non-hydrogen) atoms. The van der Waals surface area contributed by atoms with E-state index in [1.807, 2.05) is 51.5 Å². The zero-order valence-electron chi connectivity index (χ0n) is 25.0. The van der Waals surface area contributed by atoms with Crippen molar-refractivity contribution in [3.05, 3.63) is 87.5 Å². The van der Waals surface area contributed by atoms with E-state index in [1.165, 1.54) is 0 Å². The first-order valence-corrected chi connectivity index (χ1v) is 14.8. The van der Waals surface area contributed by atoms with Gasteiger partial charge in [0, 0.05) is 35.2 Å². The maximum Gasteiger partial charge on any atom is 0.257 e. The molecule has 0 atom stereocenters. The number of aliphatic hydroxyl groups is 1. The molecule has 0 unspecified atom stereocenters. The summed E-state index contributed by atoms with van der Waals surface area (Å²) in [5.74, 6) is 0.664. The average Bonchev–Trinajstić information content (AvgIpc) is 3.47. The van der Waals surface area contributed by atoms with Crippen molar-refractivity contribution in [2.75, 3.05) is 13.7 Å². The molecule has 1 N–H and O–H groups in total. The summed E-state index contributed by atoms with van der Waals surface area (Å²) in [5.41, 5.74) is 4.90. The Morgan fingerprint density at radius 3 is 2.55 bits per heavy atom. The van der Waals surface area contributed by atoms with Crippen LogP contribution in [0.3, 0.4) is 0 Å². The van der Waals surface area contributed by atoms with Gasteiger partial charge in [-0.25, -0.2) is 4.52 Å². The van der Waals surface area contributed by atoms with Crippen LogP contribution in [0.4, 0.5) is 0 Å². The normalized spacial score (nSPS) is 17.3. The molecule has 1 aliphatic carbocycles. The molecule has 8 heteroatoms. The zero-order valence-corrected chi connectivity index (χ0v) is 25.0. The Hall–Kier alpha value is -3.93. The second kappa shape index (κ2) is 12.5. The van der Waals surface area contributed by atoms with Crippen molar-refractivity contribution < 1.29 is 14.6 Å². The molecule has 0 amide bonds. The Kier molecular flexibility index (Phi) is 8.81. The van der Waals surface area contributed by atoms with Gasteiger partial charge in [0.2, 0.25) is 0 Å². The van der Waals surface area contributed by atoms with Gasteiger partial charge < -0.3 is 14.6 Å². The van der Waals surface area contributed by atoms with Gasteiger partial charge in [-0.2, -0.15) is 10.4 Å². The third-order valence-electron chi connectivity index (χ3n) is 8.10. The molecule has 0 spiro atoms. The maximum absolute atomic E-state index is 14.3. The van der Waals surface area contributed by atoms with Crippen LogP contribution in [0, 0.1) is 11.3 Å². The van der Waals surface area contributed by atoms with Crippen molar-refractivity contribution in [3.8, 4) is 22.9 Å². The number of nitriles is 1. The second-order valence-electron chi connectivity index (χ2n) is 11.9. The van der Waals surface area contributed by atoms with Crippen molar-refractivity contribution >= 4 is 5.65 Å². The number of aryl methyl sites for hydroxylation is 1. The van der Waals surface area contributed by atoms with Crippen molar-refractivity contribution in [1.82, 2.24) is 14.2 Å². The van der Waals surface area contributed by atoms with Crippen LogP contribution in [0.15, 0.2) is 59.5 Å². The topological polar surface area (TPSA) is 102 Å². The molecule has 1 fully saturated rings. The molecule has 2 aromatic heterocycles. The highest BCUT2D eigenvalue weighted by Gasteiger charge is 2.28. The van der Waals surface area contributed by atoms with Gasteiger partial charge in [0.1, 0.15) is 11.4 Å². The summed E-state index contributed by atoms with van der Waals surface area (Å²) >= 11 is 0. The maximum atomic E-state index is 14.3. The van der Waals surface area contributed by atoms with E-state index in [0.29, 0.717) is 24.3 Å². The van der Waals surface area contributed by atoms with E-state index < -0.39 is 5.60 Å². The van der Waals surface area contributed by atoms with Gasteiger partial charge in [0.15, 0.2) is 0 Å². The summed E-state index contributed by atoms with van der Waals surface area (Å²) in [6, 6.07) is 17.7. The van der Waals surface area contributed by atoms with Gasteiger partial charge in [0.25, 0.3) is 5.56 Å². The molecule has 4 aromatic rings. The number of methoxy groups -OCH3 is 1. The van der Waals surface area contributed by atoms with Crippen LogP contribution in [-0.2, 0) is 17.6 Å². The molecule has 5 rings (SSSR count). The number of benzene rings is 2. The van der Waals surface area contributed by atoms with Gasteiger partial charge in [-0.15, -0.1) is 0 Å². The number of rotatable bonds is 10. The standard InChI is InChI=1S/C34H40N4O4/c1-5-8-30-29(19-23-11-16-28(31(20-23)41-4)27-10-7-6-9-24(27)21-35)33(39)37(32-17-18-36-38(30)32)25-12-14-26(15-13-25)42-22-34(2,3)40/h6-7,9-11,16-18,20,25-26,40H,5,8,12-15,19,22H2,1-4H3. The van der Waals surface area contributed by atoms with E-state index in [0.717, 1.165) is 72.1 Å². The lowest BCUT2D eigenvalue weighted by Gasteiger charge is -2.32. The molecule has 220 valence electrons. The average molecular weight is 569 g/mol. The van der Waals surface area contributed by atoms with Crippen molar-refractivity contribution in [2.45, 2.75) is 83.5 Å². The fourth-order valence-electron chi connectivity index (χ4n) is 6.09. The van der Waals surface area contributed by atoms with E-state index in [4.69, 9.17) is 9.47 Å². The SMILES string of the molecule is CCCc1c(Cc2ccc(-c3ccccc3C#N)c(OC)c2)c(=O)n(C2CCC(OCC(C)(C)O)CC2)c2ccnn12. The first kappa shape index (κ1) is 29.6. The van der Waals surface area contributed by atoms with Crippen molar-refractivity contribution in [1.29, 1.82) is 5.26 Å². The minimum atomic E-state index is -0.860. The first-order valence-electron chi connectivity index (χ1n) is 14.8. The Balaban J connectivity index is 1.50. The van der Waals surface area contributed by atoms with Crippen LogP contribution in [0.25, 0.3) is 16.8 Å².